The van der Waals surface area contributed by atoms with E-state index in [1.807, 2.05) is 6.07 Å². The van der Waals surface area contributed by atoms with Crippen LogP contribution in [0.3, 0.4) is 0 Å². The average molecular weight is 227 g/mol. The zero-order valence-corrected chi connectivity index (χ0v) is 8.49. The lowest BCUT2D eigenvalue weighted by Crippen LogP contribution is -2.05. The summed E-state index contributed by atoms with van der Waals surface area (Å²) in [6.07, 6.45) is -0.552. The van der Waals surface area contributed by atoms with Crippen molar-refractivity contribution in [1.29, 1.82) is 5.26 Å². The van der Waals surface area contributed by atoms with Gasteiger partial charge in [0.2, 0.25) is 0 Å². The summed E-state index contributed by atoms with van der Waals surface area (Å²) >= 11 is 0. The van der Waals surface area contributed by atoms with Crippen LogP contribution in [0.1, 0.15) is 18.1 Å². The lowest BCUT2D eigenvalue weighted by Gasteiger charge is -2.10. The third-order valence-electron chi connectivity index (χ3n) is 1.95. The van der Waals surface area contributed by atoms with Gasteiger partial charge in [0.1, 0.15) is 0 Å². The number of aliphatic hydroxyl groups excluding tert-OH is 1. The molecular formula is C11H11F2NO2. The number of nitriles is 1. The Kier molecular flexibility index (Phi) is 4.83. The molecule has 0 radical (unpaired) electrons. The minimum atomic E-state index is -1.01. The van der Waals surface area contributed by atoms with Crippen molar-refractivity contribution in [3.8, 4) is 6.07 Å². The molecule has 0 aliphatic carbocycles. The maximum Gasteiger partial charge on any atom is 0.169 e. The van der Waals surface area contributed by atoms with Crippen molar-refractivity contribution in [3.05, 3.63) is 35.4 Å². The standard InChI is InChI=1S/C11H11F2NO2/c12-9-3-2-8(6-10(9)13)11(7-14)16-5-1-4-15/h2-3,6,11,15H,1,4-5H2. The van der Waals surface area contributed by atoms with E-state index in [1.54, 1.807) is 0 Å². The van der Waals surface area contributed by atoms with E-state index < -0.39 is 17.7 Å². The molecule has 5 heteroatoms. The lowest BCUT2D eigenvalue weighted by molar-refractivity contribution is 0.0771. The molecule has 0 aliphatic heterocycles. The fraction of sp³-hybridized carbons (Fsp3) is 0.364. The summed E-state index contributed by atoms with van der Waals surface area (Å²) in [5, 5.41) is 17.3. The molecule has 0 bridgehead atoms. The first-order chi connectivity index (χ1) is 7.69. The first-order valence-electron chi connectivity index (χ1n) is 4.76. The molecule has 0 amide bonds. The van der Waals surface area contributed by atoms with Crippen molar-refractivity contribution in [2.45, 2.75) is 12.5 Å². The molecule has 86 valence electrons. The van der Waals surface area contributed by atoms with Crippen LogP contribution in [0.5, 0.6) is 0 Å². The minimum absolute atomic E-state index is 0.0457. The van der Waals surface area contributed by atoms with Gasteiger partial charge in [0, 0.05) is 6.61 Å². The monoisotopic (exact) mass is 227 g/mol. The number of nitrogens with zero attached hydrogens (tertiary/aromatic N) is 1. The van der Waals surface area contributed by atoms with Crippen LogP contribution in [0.4, 0.5) is 8.78 Å². The fourth-order valence-electron chi connectivity index (χ4n) is 1.15. The van der Waals surface area contributed by atoms with E-state index in [9.17, 15) is 8.78 Å². The molecule has 1 aromatic rings. The molecule has 1 unspecified atom stereocenters. The predicted molar refractivity (Wildman–Crippen MR) is 52.4 cm³/mol. The summed E-state index contributed by atoms with van der Waals surface area (Å²) in [7, 11) is 0. The predicted octanol–water partition coefficient (Wildman–Crippen LogP) is 1.93. The van der Waals surface area contributed by atoms with Crippen LogP contribution in [-0.4, -0.2) is 18.3 Å². The van der Waals surface area contributed by atoms with Crippen LogP contribution >= 0.6 is 0 Å². The number of hydrogen-bond acceptors (Lipinski definition) is 3. The van der Waals surface area contributed by atoms with E-state index in [4.69, 9.17) is 15.1 Å². The molecule has 1 aromatic carbocycles. The van der Waals surface area contributed by atoms with Crippen molar-refractivity contribution >= 4 is 0 Å². The molecule has 1 rings (SSSR count). The molecule has 0 spiro atoms. The Morgan fingerprint density at radius 3 is 2.69 bits per heavy atom. The summed E-state index contributed by atoms with van der Waals surface area (Å²) in [5.41, 5.74) is 0.263. The number of benzene rings is 1. The fourth-order valence-corrected chi connectivity index (χ4v) is 1.15. The number of aliphatic hydroxyl groups is 1. The highest BCUT2D eigenvalue weighted by molar-refractivity contribution is 5.24. The SMILES string of the molecule is N#CC(OCCCO)c1ccc(F)c(F)c1. The Morgan fingerprint density at radius 2 is 2.12 bits per heavy atom. The van der Waals surface area contributed by atoms with Gasteiger partial charge in [0.25, 0.3) is 0 Å². The van der Waals surface area contributed by atoms with Gasteiger partial charge in [-0.1, -0.05) is 6.07 Å². The van der Waals surface area contributed by atoms with Gasteiger partial charge in [-0.2, -0.15) is 5.26 Å². The van der Waals surface area contributed by atoms with Gasteiger partial charge in [0.05, 0.1) is 12.7 Å². The molecule has 0 aromatic heterocycles. The van der Waals surface area contributed by atoms with Gasteiger partial charge in [-0.3, -0.25) is 0 Å². The molecule has 0 fully saturated rings. The van der Waals surface area contributed by atoms with Crippen molar-refractivity contribution in [3.63, 3.8) is 0 Å². The Labute approximate surface area is 91.9 Å². The third kappa shape index (κ3) is 3.26. The maximum absolute atomic E-state index is 12.9. The van der Waals surface area contributed by atoms with E-state index >= 15 is 0 Å². The number of hydrogen-bond donors (Lipinski definition) is 1. The summed E-state index contributed by atoms with van der Waals surface area (Å²) < 4.78 is 30.6. The Balaban J connectivity index is 2.72. The molecule has 1 N–H and O–H groups in total. The average Bonchev–Trinajstić information content (AvgIpc) is 2.29. The Hall–Kier alpha value is -1.51. The molecule has 0 aliphatic rings. The van der Waals surface area contributed by atoms with Crippen LogP contribution in [0.25, 0.3) is 0 Å². The smallest absolute Gasteiger partial charge is 0.169 e. The van der Waals surface area contributed by atoms with Crippen LogP contribution in [0, 0.1) is 23.0 Å². The van der Waals surface area contributed by atoms with Gasteiger partial charge in [-0.25, -0.2) is 8.78 Å². The summed E-state index contributed by atoms with van der Waals surface area (Å²) in [6.45, 7) is 0.143. The highest BCUT2D eigenvalue weighted by Crippen LogP contribution is 2.19. The van der Waals surface area contributed by atoms with Crippen LogP contribution in [0.15, 0.2) is 18.2 Å². The first-order valence-corrected chi connectivity index (χ1v) is 4.76. The minimum Gasteiger partial charge on any atom is -0.396 e. The van der Waals surface area contributed by atoms with Crippen molar-refractivity contribution < 1.29 is 18.6 Å². The number of rotatable bonds is 5. The van der Waals surface area contributed by atoms with Gasteiger partial charge >= 0.3 is 0 Å². The van der Waals surface area contributed by atoms with E-state index in [0.29, 0.717) is 6.42 Å². The molecule has 0 saturated heterocycles. The second-order valence-electron chi connectivity index (χ2n) is 3.13. The highest BCUT2D eigenvalue weighted by Gasteiger charge is 2.13. The van der Waals surface area contributed by atoms with Crippen LogP contribution < -0.4 is 0 Å². The first kappa shape index (κ1) is 12.6. The van der Waals surface area contributed by atoms with Crippen molar-refractivity contribution in [1.82, 2.24) is 0 Å². The second kappa shape index (κ2) is 6.16. The maximum atomic E-state index is 12.9. The number of halogens is 2. The van der Waals surface area contributed by atoms with Gasteiger partial charge < -0.3 is 9.84 Å². The lowest BCUT2D eigenvalue weighted by atomic mass is 10.1. The van der Waals surface area contributed by atoms with Crippen molar-refractivity contribution in [2.75, 3.05) is 13.2 Å². The van der Waals surface area contributed by atoms with Crippen LogP contribution in [0.2, 0.25) is 0 Å². The molecule has 0 heterocycles. The number of ether oxygens (including phenoxy) is 1. The third-order valence-corrected chi connectivity index (χ3v) is 1.95. The molecule has 3 nitrogen and oxygen atoms in total. The molecule has 16 heavy (non-hydrogen) atoms. The zero-order chi connectivity index (χ0) is 12.0. The van der Waals surface area contributed by atoms with Gasteiger partial charge in [-0.15, -0.1) is 0 Å². The topological polar surface area (TPSA) is 53.2 Å². The van der Waals surface area contributed by atoms with Gasteiger partial charge in [-0.05, 0) is 24.1 Å². The van der Waals surface area contributed by atoms with E-state index in [0.717, 1.165) is 12.1 Å². The quantitative estimate of drug-likeness (QED) is 0.782. The van der Waals surface area contributed by atoms with Gasteiger partial charge in [0.15, 0.2) is 17.7 Å². The molecular weight excluding hydrogens is 216 g/mol. The largest absolute Gasteiger partial charge is 0.396 e. The van der Waals surface area contributed by atoms with E-state index in [2.05, 4.69) is 0 Å². The summed E-state index contributed by atoms with van der Waals surface area (Å²) in [4.78, 5) is 0. The summed E-state index contributed by atoms with van der Waals surface area (Å²) in [6, 6.07) is 5.01. The van der Waals surface area contributed by atoms with E-state index in [-0.39, 0.29) is 18.8 Å². The Morgan fingerprint density at radius 1 is 1.38 bits per heavy atom. The second-order valence-corrected chi connectivity index (χ2v) is 3.13. The highest BCUT2D eigenvalue weighted by atomic mass is 19.2. The molecule has 1 atom stereocenters. The van der Waals surface area contributed by atoms with Crippen molar-refractivity contribution in [2.24, 2.45) is 0 Å². The molecule has 0 saturated carbocycles. The Bertz CT molecular complexity index is 390. The van der Waals surface area contributed by atoms with E-state index in [1.165, 1.54) is 6.07 Å². The van der Waals surface area contributed by atoms with Crippen LogP contribution in [-0.2, 0) is 4.74 Å². The zero-order valence-electron chi connectivity index (χ0n) is 8.49. The summed E-state index contributed by atoms with van der Waals surface area (Å²) in [5.74, 6) is -1.97. The normalized spacial score (nSPS) is 12.1.